The Bertz CT molecular complexity index is 635. The Hall–Kier alpha value is -1.37. The zero-order chi connectivity index (χ0) is 15.7. The number of benzene rings is 1. The summed E-state index contributed by atoms with van der Waals surface area (Å²) in [6, 6.07) is 0.620. The zero-order valence-corrected chi connectivity index (χ0v) is 12.8. The van der Waals surface area contributed by atoms with Crippen molar-refractivity contribution in [2.75, 3.05) is 13.1 Å². The van der Waals surface area contributed by atoms with Crippen molar-refractivity contribution in [2.45, 2.75) is 12.5 Å². The van der Waals surface area contributed by atoms with E-state index >= 15 is 0 Å². The van der Waals surface area contributed by atoms with Gasteiger partial charge in [-0.3, -0.25) is 0 Å². The van der Waals surface area contributed by atoms with E-state index in [1.807, 2.05) is 0 Å². The van der Waals surface area contributed by atoms with E-state index in [1.54, 1.807) is 0 Å². The summed E-state index contributed by atoms with van der Waals surface area (Å²) in [5.74, 6) is -1.78. The van der Waals surface area contributed by atoms with E-state index < -0.39 is 17.7 Å². The van der Waals surface area contributed by atoms with Crippen molar-refractivity contribution in [3.05, 3.63) is 46.1 Å². The third-order valence-electron chi connectivity index (χ3n) is 3.54. The molecule has 1 aromatic carbocycles. The number of nitrogens with one attached hydrogen (secondary N) is 1. The highest BCUT2D eigenvalue weighted by Crippen LogP contribution is 2.41. The fourth-order valence-corrected chi connectivity index (χ4v) is 2.88. The van der Waals surface area contributed by atoms with Crippen LogP contribution in [-0.4, -0.2) is 18.1 Å². The van der Waals surface area contributed by atoms with Crippen LogP contribution in [0.25, 0.3) is 0 Å². The van der Waals surface area contributed by atoms with Gasteiger partial charge < -0.3 is 14.5 Å². The maximum Gasteiger partial charge on any atom is 0.235 e. The zero-order valence-electron chi connectivity index (χ0n) is 11.3. The molecule has 1 aliphatic heterocycles. The molecule has 3 rings (SSSR count). The number of oxazole rings is 1. The Morgan fingerprint density at radius 1 is 1.32 bits per heavy atom. The van der Waals surface area contributed by atoms with Crippen LogP contribution in [0.5, 0.6) is 5.75 Å². The van der Waals surface area contributed by atoms with Crippen molar-refractivity contribution in [3.63, 3.8) is 0 Å². The molecule has 4 nitrogen and oxygen atoms in total. The van der Waals surface area contributed by atoms with Crippen LogP contribution in [0.1, 0.15) is 18.4 Å². The molecule has 1 N–H and O–H groups in total. The molecule has 1 fully saturated rings. The smallest absolute Gasteiger partial charge is 0.235 e. The van der Waals surface area contributed by atoms with Crippen molar-refractivity contribution in [1.29, 1.82) is 0 Å². The standard InChI is InChI=1S/C14H12Cl2F2N2O2/c15-10-8(17)5-9(18)11(16)13(10)22-12(7-1-2-19-6-7)14-20-3-4-21-14/h3-5,7,12,19H,1-2,6H2/t7-,12+/m0/s1. The largest absolute Gasteiger partial charge is 0.477 e. The molecule has 2 atom stereocenters. The first-order valence-electron chi connectivity index (χ1n) is 6.67. The highest BCUT2D eigenvalue weighted by Gasteiger charge is 2.33. The lowest BCUT2D eigenvalue weighted by Gasteiger charge is -2.23. The fraction of sp³-hybridized carbons (Fsp3) is 0.357. The van der Waals surface area contributed by atoms with Crippen molar-refractivity contribution in [3.8, 4) is 5.75 Å². The summed E-state index contributed by atoms with van der Waals surface area (Å²) in [5, 5.41) is 2.46. The second kappa shape index (κ2) is 6.40. The Morgan fingerprint density at radius 2 is 2.05 bits per heavy atom. The molecule has 8 heteroatoms. The van der Waals surface area contributed by atoms with Gasteiger partial charge >= 0.3 is 0 Å². The molecular weight excluding hydrogens is 337 g/mol. The number of aromatic nitrogens is 1. The number of ether oxygens (including phenoxy) is 1. The predicted octanol–water partition coefficient (Wildman–Crippen LogP) is 3.99. The van der Waals surface area contributed by atoms with Crippen LogP contribution in [0.15, 0.2) is 22.9 Å². The van der Waals surface area contributed by atoms with E-state index in [1.165, 1.54) is 12.5 Å². The molecule has 0 amide bonds. The third-order valence-corrected chi connectivity index (χ3v) is 4.24. The maximum absolute atomic E-state index is 13.6. The van der Waals surface area contributed by atoms with Crippen LogP contribution in [0, 0.1) is 17.6 Å². The van der Waals surface area contributed by atoms with Crippen LogP contribution in [0.2, 0.25) is 10.0 Å². The van der Waals surface area contributed by atoms with Crippen molar-refractivity contribution in [1.82, 2.24) is 10.3 Å². The lowest BCUT2D eigenvalue weighted by molar-refractivity contribution is 0.113. The number of hydrogen-bond donors (Lipinski definition) is 1. The topological polar surface area (TPSA) is 47.3 Å². The van der Waals surface area contributed by atoms with Gasteiger partial charge in [-0.25, -0.2) is 13.8 Å². The lowest BCUT2D eigenvalue weighted by atomic mass is 10.0. The molecule has 0 saturated carbocycles. The average Bonchev–Trinajstić information content (AvgIpc) is 3.19. The van der Waals surface area contributed by atoms with Gasteiger partial charge in [0.25, 0.3) is 0 Å². The highest BCUT2D eigenvalue weighted by atomic mass is 35.5. The SMILES string of the molecule is Fc1cc(F)c(Cl)c(O[C@@H](c2ncco2)[C@H]2CCNC2)c1Cl. The van der Waals surface area contributed by atoms with E-state index in [2.05, 4.69) is 10.3 Å². The molecule has 22 heavy (non-hydrogen) atoms. The summed E-state index contributed by atoms with van der Waals surface area (Å²) in [6.07, 6.45) is 3.05. The molecule has 0 radical (unpaired) electrons. The van der Waals surface area contributed by atoms with Gasteiger partial charge in [-0.15, -0.1) is 0 Å². The van der Waals surface area contributed by atoms with Gasteiger partial charge in [-0.1, -0.05) is 23.2 Å². The Kier molecular flexibility index (Phi) is 4.52. The molecule has 2 heterocycles. The predicted molar refractivity (Wildman–Crippen MR) is 77.2 cm³/mol. The number of hydrogen-bond acceptors (Lipinski definition) is 4. The molecule has 1 aromatic heterocycles. The van der Waals surface area contributed by atoms with E-state index in [9.17, 15) is 8.78 Å². The fourth-order valence-electron chi connectivity index (χ4n) is 2.44. The van der Waals surface area contributed by atoms with Crippen LogP contribution >= 0.6 is 23.2 Å². The second-order valence-corrected chi connectivity index (χ2v) is 5.71. The summed E-state index contributed by atoms with van der Waals surface area (Å²) < 4.78 is 38.3. The minimum atomic E-state index is -0.936. The first-order chi connectivity index (χ1) is 10.6. The summed E-state index contributed by atoms with van der Waals surface area (Å²) >= 11 is 11.7. The number of nitrogens with zero attached hydrogens (tertiary/aromatic N) is 1. The van der Waals surface area contributed by atoms with Crippen LogP contribution in [0.4, 0.5) is 8.78 Å². The first kappa shape index (κ1) is 15.5. The Labute approximate surface area is 135 Å². The molecule has 1 saturated heterocycles. The summed E-state index contributed by atoms with van der Waals surface area (Å²) in [6.45, 7) is 1.48. The van der Waals surface area contributed by atoms with Crippen molar-refractivity contribution >= 4 is 23.2 Å². The van der Waals surface area contributed by atoms with Crippen molar-refractivity contribution < 1.29 is 17.9 Å². The molecule has 1 aliphatic rings. The monoisotopic (exact) mass is 348 g/mol. The molecule has 2 aromatic rings. The van der Waals surface area contributed by atoms with Crippen LogP contribution < -0.4 is 10.1 Å². The van der Waals surface area contributed by atoms with Gasteiger partial charge in [0.15, 0.2) is 11.9 Å². The molecular formula is C14H12Cl2F2N2O2. The molecule has 118 valence electrons. The van der Waals surface area contributed by atoms with Gasteiger partial charge in [0.1, 0.15) is 27.9 Å². The van der Waals surface area contributed by atoms with E-state index in [0.29, 0.717) is 18.5 Å². The first-order valence-corrected chi connectivity index (χ1v) is 7.43. The molecule has 0 spiro atoms. The minimum Gasteiger partial charge on any atom is -0.477 e. The van der Waals surface area contributed by atoms with E-state index in [4.69, 9.17) is 32.4 Å². The molecule has 0 unspecified atom stereocenters. The third kappa shape index (κ3) is 2.91. The van der Waals surface area contributed by atoms with Gasteiger partial charge in [0.05, 0.1) is 6.20 Å². The average molecular weight is 349 g/mol. The second-order valence-electron chi connectivity index (χ2n) is 4.96. The lowest BCUT2D eigenvalue weighted by Crippen LogP contribution is -2.22. The normalized spacial score (nSPS) is 19.4. The maximum atomic E-state index is 13.6. The minimum absolute atomic E-state index is 0.0251. The van der Waals surface area contributed by atoms with E-state index in [0.717, 1.165) is 13.0 Å². The van der Waals surface area contributed by atoms with Crippen LogP contribution in [-0.2, 0) is 0 Å². The van der Waals surface area contributed by atoms with Gasteiger partial charge in [0.2, 0.25) is 5.89 Å². The Morgan fingerprint density at radius 3 is 2.59 bits per heavy atom. The quantitative estimate of drug-likeness (QED) is 0.848. The number of rotatable bonds is 4. The van der Waals surface area contributed by atoms with Gasteiger partial charge in [0, 0.05) is 18.5 Å². The summed E-state index contributed by atoms with van der Waals surface area (Å²) in [7, 11) is 0. The van der Waals surface area contributed by atoms with E-state index in [-0.39, 0.29) is 21.7 Å². The number of halogens is 4. The molecule has 0 bridgehead atoms. The molecule has 0 aliphatic carbocycles. The Balaban J connectivity index is 1.97. The van der Waals surface area contributed by atoms with Gasteiger partial charge in [-0.2, -0.15) is 0 Å². The highest BCUT2D eigenvalue weighted by molar-refractivity contribution is 6.37. The van der Waals surface area contributed by atoms with Crippen molar-refractivity contribution in [2.24, 2.45) is 5.92 Å². The summed E-state index contributed by atoms with van der Waals surface area (Å²) in [5.41, 5.74) is 0. The van der Waals surface area contributed by atoms with Crippen LogP contribution in [0.3, 0.4) is 0 Å². The summed E-state index contributed by atoms with van der Waals surface area (Å²) in [4.78, 5) is 4.07. The van der Waals surface area contributed by atoms with Gasteiger partial charge in [-0.05, 0) is 13.0 Å².